The van der Waals surface area contributed by atoms with Crippen molar-refractivity contribution in [1.29, 1.82) is 0 Å². The second-order valence-electron chi connectivity index (χ2n) is 4.71. The first-order chi connectivity index (χ1) is 9.11. The molecular formula is C15H22ClNO2. The zero-order chi connectivity index (χ0) is 14.1. The zero-order valence-corrected chi connectivity index (χ0v) is 12.4. The van der Waals surface area contributed by atoms with E-state index in [0.29, 0.717) is 10.8 Å². The molecule has 0 radical (unpaired) electrons. The topological polar surface area (TPSA) is 38.3 Å². The van der Waals surface area contributed by atoms with Crippen molar-refractivity contribution in [2.75, 3.05) is 6.61 Å². The molecule has 3 nitrogen and oxygen atoms in total. The number of carbonyl (C=O) groups excluding carboxylic acids is 1. The van der Waals surface area contributed by atoms with E-state index in [1.807, 2.05) is 6.92 Å². The van der Waals surface area contributed by atoms with Crippen molar-refractivity contribution in [3.63, 3.8) is 0 Å². The molecule has 1 aromatic carbocycles. The fourth-order valence-corrected chi connectivity index (χ4v) is 1.89. The third kappa shape index (κ3) is 7.06. The molecule has 19 heavy (non-hydrogen) atoms. The molecule has 0 aromatic heterocycles. The van der Waals surface area contributed by atoms with E-state index in [4.69, 9.17) is 16.3 Å². The van der Waals surface area contributed by atoms with Crippen LogP contribution in [0.3, 0.4) is 0 Å². The number of hydrogen-bond acceptors (Lipinski definition) is 2. The van der Waals surface area contributed by atoms with Crippen LogP contribution in [-0.2, 0) is 4.79 Å². The van der Waals surface area contributed by atoms with Crippen molar-refractivity contribution in [2.45, 2.75) is 45.6 Å². The Morgan fingerprint density at radius 3 is 2.63 bits per heavy atom. The minimum Gasteiger partial charge on any atom is -0.484 e. The maximum absolute atomic E-state index is 11.7. The summed E-state index contributed by atoms with van der Waals surface area (Å²) in [5.74, 6) is 0.567. The monoisotopic (exact) mass is 283 g/mol. The highest BCUT2D eigenvalue weighted by molar-refractivity contribution is 6.30. The largest absolute Gasteiger partial charge is 0.484 e. The standard InChI is InChI=1S/C15H22ClNO2/c1-3-4-5-6-12(2)17-15(18)11-19-14-9-7-13(16)8-10-14/h7-10,12H,3-6,11H2,1-2H3,(H,17,18)/t12-/m1/s1. The molecule has 1 aromatic rings. The van der Waals surface area contributed by atoms with Gasteiger partial charge in [-0.2, -0.15) is 0 Å². The number of benzene rings is 1. The van der Waals surface area contributed by atoms with Crippen LogP contribution in [0.15, 0.2) is 24.3 Å². The van der Waals surface area contributed by atoms with Crippen LogP contribution < -0.4 is 10.1 Å². The molecule has 1 rings (SSSR count). The smallest absolute Gasteiger partial charge is 0.258 e. The van der Waals surface area contributed by atoms with E-state index in [1.54, 1.807) is 24.3 Å². The maximum atomic E-state index is 11.7. The van der Waals surface area contributed by atoms with Crippen LogP contribution in [0, 0.1) is 0 Å². The molecule has 0 aliphatic heterocycles. The van der Waals surface area contributed by atoms with Crippen LogP contribution >= 0.6 is 11.6 Å². The van der Waals surface area contributed by atoms with Gasteiger partial charge in [0.05, 0.1) is 0 Å². The minimum absolute atomic E-state index is 0.0414. The van der Waals surface area contributed by atoms with Gasteiger partial charge in [0.25, 0.3) is 5.91 Å². The molecule has 0 aliphatic rings. The Morgan fingerprint density at radius 2 is 2.00 bits per heavy atom. The van der Waals surface area contributed by atoms with E-state index in [0.717, 1.165) is 12.8 Å². The molecule has 0 saturated heterocycles. The number of amides is 1. The fraction of sp³-hybridized carbons (Fsp3) is 0.533. The molecule has 0 fully saturated rings. The number of nitrogens with one attached hydrogen (secondary N) is 1. The van der Waals surface area contributed by atoms with Gasteiger partial charge in [-0.1, -0.05) is 37.8 Å². The molecule has 1 atom stereocenters. The van der Waals surface area contributed by atoms with Crippen molar-refractivity contribution >= 4 is 17.5 Å². The van der Waals surface area contributed by atoms with Crippen molar-refractivity contribution in [3.8, 4) is 5.75 Å². The Hall–Kier alpha value is -1.22. The van der Waals surface area contributed by atoms with Gasteiger partial charge in [-0.05, 0) is 37.6 Å². The lowest BCUT2D eigenvalue weighted by Gasteiger charge is -2.14. The van der Waals surface area contributed by atoms with Gasteiger partial charge >= 0.3 is 0 Å². The molecule has 0 heterocycles. The summed E-state index contributed by atoms with van der Waals surface area (Å²) < 4.78 is 5.38. The molecular weight excluding hydrogens is 262 g/mol. The van der Waals surface area contributed by atoms with Crippen LogP contribution in [0.5, 0.6) is 5.75 Å². The molecule has 0 aliphatic carbocycles. The molecule has 0 saturated carbocycles. The summed E-state index contributed by atoms with van der Waals surface area (Å²) >= 11 is 5.77. The second kappa shape index (κ2) is 8.81. The summed E-state index contributed by atoms with van der Waals surface area (Å²) in [7, 11) is 0. The summed E-state index contributed by atoms with van der Waals surface area (Å²) in [6.07, 6.45) is 4.57. The van der Waals surface area contributed by atoms with Crippen molar-refractivity contribution in [3.05, 3.63) is 29.3 Å². The summed E-state index contributed by atoms with van der Waals surface area (Å²) in [5, 5.41) is 3.58. The van der Waals surface area contributed by atoms with E-state index in [1.165, 1.54) is 12.8 Å². The zero-order valence-electron chi connectivity index (χ0n) is 11.6. The van der Waals surface area contributed by atoms with Gasteiger partial charge in [0, 0.05) is 11.1 Å². The molecule has 1 N–H and O–H groups in total. The SMILES string of the molecule is CCCCC[C@@H](C)NC(=O)COc1ccc(Cl)cc1. The van der Waals surface area contributed by atoms with E-state index in [-0.39, 0.29) is 18.6 Å². The lowest BCUT2D eigenvalue weighted by molar-refractivity contribution is -0.123. The Morgan fingerprint density at radius 1 is 1.32 bits per heavy atom. The van der Waals surface area contributed by atoms with Gasteiger partial charge in [0.15, 0.2) is 6.61 Å². The first-order valence-electron chi connectivity index (χ1n) is 6.79. The van der Waals surface area contributed by atoms with Crippen LogP contribution in [0.4, 0.5) is 0 Å². The Labute approximate surface area is 120 Å². The highest BCUT2D eigenvalue weighted by Crippen LogP contribution is 2.15. The lowest BCUT2D eigenvalue weighted by Crippen LogP contribution is -2.36. The van der Waals surface area contributed by atoms with Gasteiger partial charge in [-0.3, -0.25) is 4.79 Å². The van der Waals surface area contributed by atoms with E-state index in [9.17, 15) is 4.79 Å². The highest BCUT2D eigenvalue weighted by Gasteiger charge is 2.07. The third-order valence-electron chi connectivity index (χ3n) is 2.83. The molecule has 4 heteroatoms. The van der Waals surface area contributed by atoms with Gasteiger partial charge < -0.3 is 10.1 Å². The number of rotatable bonds is 8. The summed E-state index contributed by atoms with van der Waals surface area (Å²) in [4.78, 5) is 11.7. The van der Waals surface area contributed by atoms with Gasteiger partial charge in [-0.15, -0.1) is 0 Å². The Balaban J connectivity index is 2.22. The molecule has 1 amide bonds. The van der Waals surface area contributed by atoms with E-state index >= 15 is 0 Å². The van der Waals surface area contributed by atoms with Crippen LogP contribution in [0.2, 0.25) is 5.02 Å². The normalized spacial score (nSPS) is 11.9. The Bertz CT molecular complexity index is 378. The predicted molar refractivity (Wildman–Crippen MR) is 78.7 cm³/mol. The summed E-state index contributed by atoms with van der Waals surface area (Å²) in [5.41, 5.74) is 0. The number of unbranched alkanes of at least 4 members (excludes halogenated alkanes) is 2. The second-order valence-corrected chi connectivity index (χ2v) is 5.14. The number of hydrogen-bond donors (Lipinski definition) is 1. The van der Waals surface area contributed by atoms with E-state index < -0.39 is 0 Å². The van der Waals surface area contributed by atoms with Crippen molar-refractivity contribution < 1.29 is 9.53 Å². The first kappa shape index (κ1) is 15.8. The summed E-state index contributed by atoms with van der Waals surface area (Å²) in [6.45, 7) is 4.23. The Kier molecular flexibility index (Phi) is 7.34. The van der Waals surface area contributed by atoms with Crippen molar-refractivity contribution in [2.24, 2.45) is 0 Å². The predicted octanol–water partition coefficient (Wildman–Crippen LogP) is 3.80. The van der Waals surface area contributed by atoms with Crippen molar-refractivity contribution in [1.82, 2.24) is 5.32 Å². The van der Waals surface area contributed by atoms with Crippen LogP contribution in [0.1, 0.15) is 39.5 Å². The number of halogens is 1. The lowest BCUT2D eigenvalue weighted by atomic mass is 10.1. The highest BCUT2D eigenvalue weighted by atomic mass is 35.5. The average molecular weight is 284 g/mol. The number of carbonyl (C=O) groups is 1. The van der Waals surface area contributed by atoms with E-state index in [2.05, 4.69) is 12.2 Å². The summed E-state index contributed by atoms with van der Waals surface area (Å²) in [6, 6.07) is 7.18. The number of ether oxygens (including phenoxy) is 1. The maximum Gasteiger partial charge on any atom is 0.258 e. The van der Waals surface area contributed by atoms with Gasteiger partial charge in [0.2, 0.25) is 0 Å². The molecule has 0 bridgehead atoms. The molecule has 0 spiro atoms. The average Bonchev–Trinajstić information content (AvgIpc) is 2.38. The van der Waals surface area contributed by atoms with Crippen LogP contribution in [-0.4, -0.2) is 18.6 Å². The van der Waals surface area contributed by atoms with Gasteiger partial charge in [-0.25, -0.2) is 0 Å². The van der Waals surface area contributed by atoms with Gasteiger partial charge in [0.1, 0.15) is 5.75 Å². The molecule has 0 unspecified atom stereocenters. The van der Waals surface area contributed by atoms with Crippen LogP contribution in [0.25, 0.3) is 0 Å². The minimum atomic E-state index is -0.0843. The quantitative estimate of drug-likeness (QED) is 0.737. The third-order valence-corrected chi connectivity index (χ3v) is 3.08. The fourth-order valence-electron chi connectivity index (χ4n) is 1.77. The first-order valence-corrected chi connectivity index (χ1v) is 7.17. The molecule has 106 valence electrons.